The molecule has 0 bridgehead atoms. The van der Waals surface area contributed by atoms with Crippen LogP contribution in [0.3, 0.4) is 0 Å². The zero-order chi connectivity index (χ0) is 12.1. The van der Waals surface area contributed by atoms with Crippen molar-refractivity contribution in [2.24, 2.45) is 5.92 Å². The molecule has 0 aromatic rings. The lowest BCUT2D eigenvalue weighted by molar-refractivity contribution is -0.139. The fourth-order valence-corrected chi connectivity index (χ4v) is 1.20. The molecule has 0 radical (unpaired) electrons. The molecule has 0 aromatic heterocycles. The van der Waals surface area contributed by atoms with Gasteiger partial charge < -0.3 is 10.4 Å². The predicted molar refractivity (Wildman–Crippen MR) is 58.5 cm³/mol. The number of amides is 1. The van der Waals surface area contributed by atoms with Gasteiger partial charge in [-0.2, -0.15) is 0 Å². The van der Waals surface area contributed by atoms with Gasteiger partial charge in [0.25, 0.3) is 0 Å². The minimum atomic E-state index is -0.885. The Morgan fingerprint density at radius 2 is 1.93 bits per heavy atom. The molecule has 0 saturated carbocycles. The molecule has 0 unspecified atom stereocenters. The molecular weight excluding hydrogens is 194 g/mol. The van der Waals surface area contributed by atoms with Crippen molar-refractivity contribution in [3.8, 4) is 0 Å². The first-order valence-corrected chi connectivity index (χ1v) is 5.38. The zero-order valence-electron chi connectivity index (χ0n) is 9.96. The van der Waals surface area contributed by atoms with Gasteiger partial charge in [-0.3, -0.25) is 9.59 Å². The van der Waals surface area contributed by atoms with Crippen LogP contribution in [0, 0.1) is 5.92 Å². The molecule has 0 heterocycles. The minimum absolute atomic E-state index is 0.0360. The smallest absolute Gasteiger partial charge is 0.305 e. The normalized spacial score (nSPS) is 16.5. The molecule has 88 valence electrons. The number of carbonyl (C=O) groups excluding carboxylic acids is 1. The molecule has 0 rings (SSSR count). The Labute approximate surface area is 91.1 Å². The Balaban J connectivity index is 4.43. The number of nitrogens with one attached hydrogen (secondary N) is 1. The third kappa shape index (κ3) is 4.81. The number of hydrogen-bond donors (Lipinski definition) is 2. The molecule has 4 nitrogen and oxygen atoms in total. The van der Waals surface area contributed by atoms with Crippen molar-refractivity contribution in [2.45, 2.75) is 52.5 Å². The van der Waals surface area contributed by atoms with Crippen molar-refractivity contribution in [1.29, 1.82) is 0 Å². The van der Waals surface area contributed by atoms with Crippen molar-refractivity contribution in [2.75, 3.05) is 0 Å². The molecule has 0 aliphatic heterocycles. The quantitative estimate of drug-likeness (QED) is 0.710. The van der Waals surface area contributed by atoms with Crippen molar-refractivity contribution >= 4 is 11.9 Å². The summed E-state index contributed by atoms with van der Waals surface area (Å²) in [6.07, 6.45) is 1.34. The number of carboxylic acids is 1. The Morgan fingerprint density at radius 1 is 1.40 bits per heavy atom. The molecule has 2 N–H and O–H groups in total. The van der Waals surface area contributed by atoms with Crippen molar-refractivity contribution < 1.29 is 14.7 Å². The molecule has 2 atom stereocenters. The van der Waals surface area contributed by atoms with Crippen LogP contribution in [0.15, 0.2) is 0 Å². The molecule has 1 amide bonds. The average molecular weight is 215 g/mol. The highest BCUT2D eigenvalue weighted by atomic mass is 16.4. The predicted octanol–water partition coefficient (Wildman–Crippen LogP) is 1.79. The maximum absolute atomic E-state index is 11.6. The van der Waals surface area contributed by atoms with Crippen LogP contribution < -0.4 is 5.32 Å². The molecule has 0 fully saturated rings. The van der Waals surface area contributed by atoms with Gasteiger partial charge >= 0.3 is 5.97 Å². The molecule has 0 aliphatic rings. The largest absolute Gasteiger partial charge is 0.481 e. The summed E-state index contributed by atoms with van der Waals surface area (Å²) in [6.45, 7) is 7.41. The van der Waals surface area contributed by atoms with E-state index in [4.69, 9.17) is 5.11 Å². The maximum Gasteiger partial charge on any atom is 0.305 e. The van der Waals surface area contributed by atoms with Gasteiger partial charge in [-0.05, 0) is 19.8 Å². The number of rotatable bonds is 6. The van der Waals surface area contributed by atoms with E-state index in [2.05, 4.69) is 5.32 Å². The molecule has 0 spiro atoms. The van der Waals surface area contributed by atoms with E-state index >= 15 is 0 Å². The van der Waals surface area contributed by atoms with Crippen LogP contribution in [0.25, 0.3) is 0 Å². The number of carboxylic acid groups (broad SMARTS) is 1. The van der Waals surface area contributed by atoms with Gasteiger partial charge in [0.2, 0.25) is 5.91 Å². The number of aliphatic carboxylic acids is 1. The molecular formula is C11H21NO3. The summed E-state index contributed by atoms with van der Waals surface area (Å²) < 4.78 is 0. The van der Waals surface area contributed by atoms with Gasteiger partial charge in [0, 0.05) is 11.5 Å². The topological polar surface area (TPSA) is 66.4 Å². The monoisotopic (exact) mass is 215 g/mol. The van der Waals surface area contributed by atoms with Crippen LogP contribution >= 0.6 is 0 Å². The average Bonchev–Trinajstić information content (AvgIpc) is 2.15. The van der Waals surface area contributed by atoms with Gasteiger partial charge in [0.1, 0.15) is 0 Å². The van der Waals surface area contributed by atoms with E-state index in [9.17, 15) is 9.59 Å². The molecule has 0 aliphatic carbocycles. The summed E-state index contributed by atoms with van der Waals surface area (Å²) in [5.74, 6) is -1.02. The zero-order valence-corrected chi connectivity index (χ0v) is 9.96. The summed E-state index contributed by atoms with van der Waals surface area (Å²) in [5, 5.41) is 11.5. The van der Waals surface area contributed by atoms with E-state index in [-0.39, 0.29) is 18.2 Å². The summed E-state index contributed by atoms with van der Waals surface area (Å²) in [4.78, 5) is 22.3. The second-order valence-corrected chi connectivity index (χ2v) is 4.28. The Morgan fingerprint density at radius 3 is 2.27 bits per heavy atom. The molecule has 0 saturated heterocycles. The third-order valence-corrected chi connectivity index (χ3v) is 2.81. The Hall–Kier alpha value is -1.06. The molecule has 4 heteroatoms. The second-order valence-electron chi connectivity index (χ2n) is 4.28. The van der Waals surface area contributed by atoms with Crippen molar-refractivity contribution in [1.82, 2.24) is 5.32 Å². The van der Waals surface area contributed by atoms with Gasteiger partial charge in [-0.15, -0.1) is 0 Å². The summed E-state index contributed by atoms with van der Waals surface area (Å²) in [7, 11) is 0. The standard InChI is InChI=1S/C11H21NO3/c1-5-8(3)10(15)12-11(4,6-2)7-9(13)14/h8H,5-7H2,1-4H3,(H,12,15)(H,13,14)/t8-,11-/m0/s1. The fraction of sp³-hybridized carbons (Fsp3) is 0.818. The lowest BCUT2D eigenvalue weighted by atomic mass is 9.93. The lowest BCUT2D eigenvalue weighted by Crippen LogP contribution is -2.48. The Kier molecular flexibility index (Phi) is 5.33. The SMILES string of the molecule is CC[C@H](C)C(=O)N[C@@](C)(CC)CC(=O)O. The van der Waals surface area contributed by atoms with Crippen LogP contribution in [0.2, 0.25) is 0 Å². The van der Waals surface area contributed by atoms with Crippen molar-refractivity contribution in [3.63, 3.8) is 0 Å². The van der Waals surface area contributed by atoms with Crippen LogP contribution in [-0.4, -0.2) is 22.5 Å². The molecule has 0 aromatic carbocycles. The number of hydrogen-bond acceptors (Lipinski definition) is 2. The summed E-state index contributed by atoms with van der Waals surface area (Å²) in [6, 6.07) is 0. The van der Waals surface area contributed by atoms with E-state index in [0.717, 1.165) is 6.42 Å². The maximum atomic E-state index is 11.6. The first-order chi connectivity index (χ1) is 6.84. The Bertz CT molecular complexity index is 240. The van der Waals surface area contributed by atoms with E-state index in [1.807, 2.05) is 20.8 Å². The van der Waals surface area contributed by atoms with Crippen LogP contribution in [0.1, 0.15) is 47.0 Å². The summed E-state index contributed by atoms with van der Waals surface area (Å²) in [5.41, 5.74) is -0.633. The fourth-order valence-electron chi connectivity index (χ4n) is 1.20. The van der Waals surface area contributed by atoms with Crippen LogP contribution in [0.5, 0.6) is 0 Å². The van der Waals surface area contributed by atoms with Crippen molar-refractivity contribution in [3.05, 3.63) is 0 Å². The summed E-state index contributed by atoms with van der Waals surface area (Å²) >= 11 is 0. The third-order valence-electron chi connectivity index (χ3n) is 2.81. The van der Waals surface area contributed by atoms with Gasteiger partial charge in [0.15, 0.2) is 0 Å². The minimum Gasteiger partial charge on any atom is -0.481 e. The van der Waals surface area contributed by atoms with E-state index in [1.165, 1.54) is 0 Å². The number of carbonyl (C=O) groups is 2. The van der Waals surface area contributed by atoms with E-state index in [0.29, 0.717) is 6.42 Å². The highest BCUT2D eigenvalue weighted by molar-refractivity contribution is 5.80. The van der Waals surface area contributed by atoms with Gasteiger partial charge in [0.05, 0.1) is 6.42 Å². The highest BCUT2D eigenvalue weighted by Crippen LogP contribution is 2.15. The van der Waals surface area contributed by atoms with Gasteiger partial charge in [-0.1, -0.05) is 20.8 Å². The van der Waals surface area contributed by atoms with E-state index < -0.39 is 11.5 Å². The van der Waals surface area contributed by atoms with E-state index in [1.54, 1.807) is 6.92 Å². The highest BCUT2D eigenvalue weighted by Gasteiger charge is 2.28. The second kappa shape index (κ2) is 5.73. The lowest BCUT2D eigenvalue weighted by Gasteiger charge is -2.29. The van der Waals surface area contributed by atoms with Crippen LogP contribution in [-0.2, 0) is 9.59 Å². The van der Waals surface area contributed by atoms with Crippen LogP contribution in [0.4, 0.5) is 0 Å². The molecule has 15 heavy (non-hydrogen) atoms. The first-order valence-electron chi connectivity index (χ1n) is 5.38. The first kappa shape index (κ1) is 13.9. The van der Waals surface area contributed by atoms with Gasteiger partial charge in [-0.25, -0.2) is 0 Å².